The Labute approximate surface area is 179 Å². The summed E-state index contributed by atoms with van der Waals surface area (Å²) >= 11 is 4.92. The number of carbonyl (C=O) groups excluding carboxylic acids is 1. The number of hydrogen-bond donors (Lipinski definition) is 1. The first-order valence-electron chi connectivity index (χ1n) is 9.00. The molecule has 4 rings (SSSR count). The van der Waals surface area contributed by atoms with Crippen LogP contribution in [0.15, 0.2) is 40.9 Å². The molecular formula is C20H18BrN5O2S. The third-order valence-corrected chi connectivity index (χ3v) is 5.93. The Morgan fingerprint density at radius 2 is 2.03 bits per heavy atom. The number of rotatable bonds is 5. The predicted octanol–water partition coefficient (Wildman–Crippen LogP) is 4.88. The third-order valence-electron chi connectivity index (χ3n) is 4.36. The van der Waals surface area contributed by atoms with E-state index in [4.69, 9.17) is 4.74 Å². The molecule has 1 N–H and O–H groups in total. The summed E-state index contributed by atoms with van der Waals surface area (Å²) in [6.45, 7) is 6.31. The van der Waals surface area contributed by atoms with Crippen LogP contribution in [-0.4, -0.2) is 32.3 Å². The molecular weight excluding hydrogens is 454 g/mol. The second kappa shape index (κ2) is 7.92. The fourth-order valence-electron chi connectivity index (χ4n) is 2.88. The van der Waals surface area contributed by atoms with Crippen LogP contribution < -0.4 is 10.1 Å². The highest BCUT2D eigenvalue weighted by atomic mass is 79.9. The van der Waals surface area contributed by atoms with Gasteiger partial charge in [0.1, 0.15) is 10.8 Å². The summed E-state index contributed by atoms with van der Waals surface area (Å²) in [5.74, 6) is 1.29. The van der Waals surface area contributed by atoms with Crippen molar-refractivity contribution in [3.63, 3.8) is 0 Å². The molecule has 148 valence electrons. The molecule has 7 nitrogen and oxygen atoms in total. The molecule has 0 saturated carbocycles. The van der Waals surface area contributed by atoms with Crippen LogP contribution in [0.5, 0.6) is 5.75 Å². The number of nitrogens with one attached hydrogen (secondary N) is 1. The second-order valence-electron chi connectivity index (χ2n) is 6.41. The molecule has 2 aromatic carbocycles. The molecule has 0 unspecified atom stereocenters. The van der Waals surface area contributed by atoms with Crippen molar-refractivity contribution in [1.29, 1.82) is 0 Å². The number of amides is 1. The minimum atomic E-state index is -0.181. The Kier molecular flexibility index (Phi) is 5.33. The van der Waals surface area contributed by atoms with Gasteiger partial charge in [-0.15, -0.1) is 10.2 Å². The zero-order chi connectivity index (χ0) is 20.5. The maximum Gasteiger partial charge on any atom is 0.255 e. The van der Waals surface area contributed by atoms with Gasteiger partial charge >= 0.3 is 0 Å². The van der Waals surface area contributed by atoms with Crippen molar-refractivity contribution in [1.82, 2.24) is 19.8 Å². The Morgan fingerprint density at radius 3 is 2.72 bits per heavy atom. The lowest BCUT2D eigenvalue weighted by atomic mass is 10.1. The topological polar surface area (TPSA) is 81.4 Å². The molecule has 0 radical (unpaired) electrons. The number of aryl methyl sites for hydroxylation is 2. The molecule has 2 aromatic heterocycles. The molecule has 0 aliphatic carbocycles. The molecule has 4 aromatic rings. The number of hydrogen-bond acceptors (Lipinski definition) is 6. The fourth-order valence-corrected chi connectivity index (χ4v) is 4.25. The quantitative estimate of drug-likeness (QED) is 0.448. The van der Waals surface area contributed by atoms with Crippen molar-refractivity contribution in [2.45, 2.75) is 20.8 Å². The van der Waals surface area contributed by atoms with E-state index in [0.717, 1.165) is 37.1 Å². The largest absolute Gasteiger partial charge is 0.493 e. The van der Waals surface area contributed by atoms with Gasteiger partial charge in [0.2, 0.25) is 4.96 Å². The van der Waals surface area contributed by atoms with Crippen LogP contribution in [0.4, 0.5) is 5.69 Å². The summed E-state index contributed by atoms with van der Waals surface area (Å²) in [5.41, 5.74) is 3.22. The molecule has 2 heterocycles. The zero-order valence-electron chi connectivity index (χ0n) is 16.1. The number of benzene rings is 2. The van der Waals surface area contributed by atoms with Crippen LogP contribution >= 0.6 is 27.3 Å². The van der Waals surface area contributed by atoms with E-state index in [0.29, 0.717) is 17.9 Å². The van der Waals surface area contributed by atoms with E-state index in [1.807, 2.05) is 39.0 Å². The molecule has 0 aliphatic rings. The van der Waals surface area contributed by atoms with Crippen LogP contribution in [0.25, 0.3) is 15.5 Å². The minimum absolute atomic E-state index is 0.181. The van der Waals surface area contributed by atoms with Gasteiger partial charge in [0, 0.05) is 16.8 Å². The average Bonchev–Trinajstić information content (AvgIpc) is 3.27. The number of carbonyl (C=O) groups is 1. The van der Waals surface area contributed by atoms with E-state index in [1.165, 1.54) is 11.3 Å². The van der Waals surface area contributed by atoms with Gasteiger partial charge in [0.25, 0.3) is 5.91 Å². The van der Waals surface area contributed by atoms with Crippen LogP contribution in [0.1, 0.15) is 28.7 Å². The van der Waals surface area contributed by atoms with Crippen molar-refractivity contribution >= 4 is 43.8 Å². The van der Waals surface area contributed by atoms with Crippen LogP contribution in [-0.2, 0) is 0 Å². The number of nitrogens with zero attached hydrogens (tertiary/aromatic N) is 4. The first kappa shape index (κ1) is 19.5. The standard InChI is InChI=1S/C20H18BrN5O2S/c1-4-28-17-8-6-13(10-15(17)21)18(27)22-16-7-5-14(9-11(16)2)19-25-26-12(3)23-24-20(26)29-19/h5-10H,4H2,1-3H3,(H,22,27). The van der Waals surface area contributed by atoms with Gasteiger partial charge in [-0.1, -0.05) is 11.3 Å². The monoisotopic (exact) mass is 471 g/mol. The van der Waals surface area contributed by atoms with Gasteiger partial charge < -0.3 is 10.1 Å². The first-order chi connectivity index (χ1) is 14.0. The fraction of sp³-hybridized carbons (Fsp3) is 0.200. The maximum absolute atomic E-state index is 12.7. The van der Waals surface area contributed by atoms with Gasteiger partial charge in [-0.25, -0.2) is 0 Å². The highest BCUT2D eigenvalue weighted by Crippen LogP contribution is 2.30. The molecule has 9 heteroatoms. The zero-order valence-corrected chi connectivity index (χ0v) is 18.5. The minimum Gasteiger partial charge on any atom is -0.493 e. The Bertz CT molecular complexity index is 1220. The van der Waals surface area contributed by atoms with E-state index < -0.39 is 0 Å². The Morgan fingerprint density at radius 1 is 1.21 bits per heavy atom. The number of ether oxygens (including phenoxy) is 1. The molecule has 0 fully saturated rings. The highest BCUT2D eigenvalue weighted by molar-refractivity contribution is 9.10. The molecule has 0 bridgehead atoms. The molecule has 0 atom stereocenters. The Hall–Kier alpha value is -2.78. The molecule has 0 saturated heterocycles. The van der Waals surface area contributed by atoms with Crippen molar-refractivity contribution < 1.29 is 9.53 Å². The maximum atomic E-state index is 12.7. The first-order valence-corrected chi connectivity index (χ1v) is 10.6. The smallest absolute Gasteiger partial charge is 0.255 e. The highest BCUT2D eigenvalue weighted by Gasteiger charge is 2.14. The van der Waals surface area contributed by atoms with Crippen LogP contribution in [0.3, 0.4) is 0 Å². The molecule has 1 amide bonds. The van der Waals surface area contributed by atoms with Crippen molar-refractivity contribution in [2.24, 2.45) is 0 Å². The summed E-state index contributed by atoms with van der Waals surface area (Å²) in [5, 5.41) is 16.5. The summed E-state index contributed by atoms with van der Waals surface area (Å²) in [6, 6.07) is 11.1. The molecule has 0 aliphatic heterocycles. The van der Waals surface area contributed by atoms with Gasteiger partial charge in [-0.05, 0) is 78.7 Å². The average molecular weight is 472 g/mol. The van der Waals surface area contributed by atoms with E-state index in [9.17, 15) is 4.79 Å². The van der Waals surface area contributed by atoms with E-state index in [-0.39, 0.29) is 5.91 Å². The molecule has 29 heavy (non-hydrogen) atoms. The number of anilines is 1. The lowest BCUT2D eigenvalue weighted by molar-refractivity contribution is 0.102. The van der Waals surface area contributed by atoms with E-state index in [2.05, 4.69) is 36.5 Å². The van der Waals surface area contributed by atoms with Gasteiger partial charge in [-0.2, -0.15) is 9.61 Å². The van der Waals surface area contributed by atoms with Crippen molar-refractivity contribution in [2.75, 3.05) is 11.9 Å². The van der Waals surface area contributed by atoms with Gasteiger partial charge in [-0.3, -0.25) is 4.79 Å². The number of halogens is 1. The second-order valence-corrected chi connectivity index (χ2v) is 8.22. The van der Waals surface area contributed by atoms with E-state index >= 15 is 0 Å². The van der Waals surface area contributed by atoms with Crippen molar-refractivity contribution in [3.8, 4) is 16.3 Å². The van der Waals surface area contributed by atoms with Crippen LogP contribution in [0, 0.1) is 13.8 Å². The molecule has 0 spiro atoms. The third kappa shape index (κ3) is 3.88. The predicted molar refractivity (Wildman–Crippen MR) is 117 cm³/mol. The summed E-state index contributed by atoms with van der Waals surface area (Å²) in [6.07, 6.45) is 0. The van der Waals surface area contributed by atoms with Gasteiger partial charge in [0.05, 0.1) is 11.1 Å². The normalized spacial score (nSPS) is 11.0. The van der Waals surface area contributed by atoms with Crippen molar-refractivity contribution in [3.05, 3.63) is 57.8 Å². The number of aromatic nitrogens is 4. The lowest BCUT2D eigenvalue weighted by Gasteiger charge is -2.11. The summed E-state index contributed by atoms with van der Waals surface area (Å²) in [4.78, 5) is 13.4. The SMILES string of the molecule is CCOc1ccc(C(=O)Nc2ccc(-c3nn4c(C)nnc4s3)cc2C)cc1Br. The van der Waals surface area contributed by atoms with Crippen LogP contribution in [0.2, 0.25) is 0 Å². The number of fused-ring (bicyclic) bond motifs is 1. The van der Waals surface area contributed by atoms with Gasteiger partial charge in [0.15, 0.2) is 5.82 Å². The van der Waals surface area contributed by atoms with E-state index in [1.54, 1.807) is 22.7 Å². The summed E-state index contributed by atoms with van der Waals surface area (Å²) in [7, 11) is 0. The Balaban J connectivity index is 1.55. The summed E-state index contributed by atoms with van der Waals surface area (Å²) < 4.78 is 7.97. The lowest BCUT2D eigenvalue weighted by Crippen LogP contribution is -2.13.